The number of rotatable bonds is 3. The highest BCUT2D eigenvalue weighted by molar-refractivity contribution is 14.1. The molecule has 0 bridgehead atoms. The lowest BCUT2D eigenvalue weighted by Gasteiger charge is -2.07. The molecule has 1 N–H and O–H groups in total. The van der Waals surface area contributed by atoms with Crippen LogP contribution in [0.3, 0.4) is 0 Å². The molecule has 0 aliphatic carbocycles. The van der Waals surface area contributed by atoms with Crippen LogP contribution in [0.2, 0.25) is 0 Å². The van der Waals surface area contributed by atoms with E-state index in [4.69, 9.17) is 4.74 Å². The summed E-state index contributed by atoms with van der Waals surface area (Å²) in [6.07, 6.45) is 1.54. The van der Waals surface area contributed by atoms with Crippen molar-refractivity contribution < 1.29 is 4.74 Å². The molecule has 1 aromatic heterocycles. The molecule has 0 radical (unpaired) electrons. The summed E-state index contributed by atoms with van der Waals surface area (Å²) in [6, 6.07) is 7.44. The van der Waals surface area contributed by atoms with Gasteiger partial charge in [0.25, 0.3) is 5.56 Å². The molecule has 6 heteroatoms. The number of benzene rings is 1. The van der Waals surface area contributed by atoms with Crippen LogP contribution in [0.15, 0.2) is 40.1 Å². The minimum absolute atomic E-state index is 0.359. The predicted molar refractivity (Wildman–Crippen MR) is 76.1 cm³/mol. The molecule has 0 saturated carbocycles. The van der Waals surface area contributed by atoms with Gasteiger partial charge in [-0.2, -0.15) is 0 Å². The number of ether oxygens (including phenoxy) is 1. The first-order chi connectivity index (χ1) is 8.60. The third-order valence-electron chi connectivity index (χ3n) is 2.45. The summed E-state index contributed by atoms with van der Waals surface area (Å²) in [6.45, 7) is 0.392. The molecule has 2 aromatic rings. The Balaban J connectivity index is 2.36. The monoisotopic (exact) mass is 358 g/mol. The average Bonchev–Trinajstić information content (AvgIpc) is 2.36. The van der Waals surface area contributed by atoms with Gasteiger partial charge in [-0.1, -0.05) is 12.1 Å². The molecule has 5 nitrogen and oxygen atoms in total. The first kappa shape index (κ1) is 12.9. The van der Waals surface area contributed by atoms with Crippen LogP contribution in [-0.2, 0) is 6.54 Å². The van der Waals surface area contributed by atoms with Gasteiger partial charge in [0.05, 0.1) is 17.2 Å². The Morgan fingerprint density at radius 3 is 2.89 bits per heavy atom. The van der Waals surface area contributed by atoms with Crippen molar-refractivity contribution in [3.05, 3.63) is 60.4 Å². The zero-order valence-corrected chi connectivity index (χ0v) is 11.8. The van der Waals surface area contributed by atoms with Crippen LogP contribution in [0.4, 0.5) is 0 Å². The van der Waals surface area contributed by atoms with Crippen LogP contribution in [-0.4, -0.2) is 16.7 Å². The number of nitrogens with one attached hydrogen (secondary N) is 1. The molecule has 2 rings (SSSR count). The minimum Gasteiger partial charge on any atom is -0.497 e. The summed E-state index contributed by atoms with van der Waals surface area (Å²) in [4.78, 5) is 25.1. The molecule has 0 fully saturated rings. The lowest BCUT2D eigenvalue weighted by molar-refractivity contribution is 0.414. The Kier molecular flexibility index (Phi) is 3.85. The van der Waals surface area contributed by atoms with Crippen LogP contribution < -0.4 is 16.0 Å². The van der Waals surface area contributed by atoms with E-state index in [9.17, 15) is 9.59 Å². The fourth-order valence-electron chi connectivity index (χ4n) is 1.57. The standard InChI is InChI=1S/C12H11IN2O3/c1-18-9-4-2-3-8(5-9)6-15-7-10(13)11(16)14-12(15)17/h2-5,7H,6H2,1H3,(H,14,16,17). The average molecular weight is 358 g/mol. The van der Waals surface area contributed by atoms with E-state index in [0.717, 1.165) is 11.3 Å². The Hall–Kier alpha value is -1.57. The van der Waals surface area contributed by atoms with Gasteiger partial charge in [-0.3, -0.25) is 14.3 Å². The molecular formula is C12H11IN2O3. The van der Waals surface area contributed by atoms with E-state index in [1.165, 1.54) is 4.57 Å². The lowest BCUT2D eigenvalue weighted by Crippen LogP contribution is -2.31. The van der Waals surface area contributed by atoms with E-state index >= 15 is 0 Å². The summed E-state index contributed by atoms with van der Waals surface area (Å²) < 4.78 is 7.06. The fourth-order valence-corrected chi connectivity index (χ4v) is 2.04. The molecule has 94 valence electrons. The van der Waals surface area contributed by atoms with Crippen LogP contribution in [0.25, 0.3) is 0 Å². The van der Waals surface area contributed by atoms with Crippen LogP contribution in [0, 0.1) is 3.57 Å². The molecule has 0 saturated heterocycles. The highest BCUT2D eigenvalue weighted by atomic mass is 127. The molecule has 1 heterocycles. The summed E-state index contributed by atoms with van der Waals surface area (Å²) in [7, 11) is 1.59. The van der Waals surface area contributed by atoms with Gasteiger partial charge in [-0.25, -0.2) is 4.79 Å². The van der Waals surface area contributed by atoms with Gasteiger partial charge in [0, 0.05) is 6.20 Å². The molecule has 0 unspecified atom stereocenters. The third-order valence-corrected chi connectivity index (χ3v) is 3.22. The molecule has 0 aliphatic rings. The highest BCUT2D eigenvalue weighted by Gasteiger charge is 2.03. The molecule has 0 aliphatic heterocycles. The Bertz CT molecular complexity index is 676. The summed E-state index contributed by atoms with van der Waals surface area (Å²) in [5, 5.41) is 0. The first-order valence-electron chi connectivity index (χ1n) is 5.22. The van der Waals surface area contributed by atoms with E-state index in [-0.39, 0.29) is 5.56 Å². The number of halogens is 1. The summed E-state index contributed by atoms with van der Waals surface area (Å²) >= 11 is 1.90. The van der Waals surface area contributed by atoms with E-state index < -0.39 is 5.69 Å². The van der Waals surface area contributed by atoms with Crippen molar-refractivity contribution in [2.45, 2.75) is 6.54 Å². The second kappa shape index (κ2) is 5.38. The van der Waals surface area contributed by atoms with Crippen LogP contribution in [0.1, 0.15) is 5.56 Å². The number of methoxy groups -OCH3 is 1. The zero-order valence-electron chi connectivity index (χ0n) is 9.64. The molecule has 1 aromatic carbocycles. The lowest BCUT2D eigenvalue weighted by atomic mass is 10.2. The first-order valence-corrected chi connectivity index (χ1v) is 6.30. The quantitative estimate of drug-likeness (QED) is 0.839. The molecule has 0 atom stereocenters. The molecule has 0 spiro atoms. The maximum absolute atomic E-state index is 11.6. The van der Waals surface area contributed by atoms with E-state index in [1.807, 2.05) is 46.9 Å². The Labute approximate surface area is 117 Å². The van der Waals surface area contributed by atoms with Gasteiger partial charge in [0.2, 0.25) is 0 Å². The van der Waals surface area contributed by atoms with Crippen molar-refractivity contribution in [3.63, 3.8) is 0 Å². The number of hydrogen-bond donors (Lipinski definition) is 1. The zero-order chi connectivity index (χ0) is 13.1. The van der Waals surface area contributed by atoms with Gasteiger partial charge in [0.1, 0.15) is 5.75 Å². The molecule has 18 heavy (non-hydrogen) atoms. The second-order valence-corrected chi connectivity index (χ2v) is 4.88. The SMILES string of the molecule is COc1cccc(Cn2cc(I)c(=O)[nH]c2=O)c1. The Morgan fingerprint density at radius 1 is 1.39 bits per heavy atom. The van der Waals surface area contributed by atoms with Crippen molar-refractivity contribution in [1.82, 2.24) is 9.55 Å². The number of H-pyrrole nitrogens is 1. The van der Waals surface area contributed by atoms with Gasteiger partial charge in [0.15, 0.2) is 0 Å². The topological polar surface area (TPSA) is 64.1 Å². The summed E-state index contributed by atoms with van der Waals surface area (Å²) in [5.41, 5.74) is 0.157. The van der Waals surface area contributed by atoms with Gasteiger partial charge >= 0.3 is 5.69 Å². The predicted octanol–water partition coefficient (Wildman–Crippen LogP) is 1.20. The smallest absolute Gasteiger partial charge is 0.328 e. The maximum Gasteiger partial charge on any atom is 0.328 e. The second-order valence-electron chi connectivity index (χ2n) is 3.72. The summed E-state index contributed by atoms with van der Waals surface area (Å²) in [5.74, 6) is 0.736. The highest BCUT2D eigenvalue weighted by Crippen LogP contribution is 2.13. The number of nitrogens with zero attached hydrogens (tertiary/aromatic N) is 1. The van der Waals surface area contributed by atoms with E-state index in [2.05, 4.69) is 4.98 Å². The van der Waals surface area contributed by atoms with Crippen molar-refractivity contribution in [2.24, 2.45) is 0 Å². The van der Waals surface area contributed by atoms with Gasteiger partial charge < -0.3 is 4.74 Å². The van der Waals surface area contributed by atoms with Crippen LogP contribution in [0.5, 0.6) is 5.75 Å². The molecular weight excluding hydrogens is 347 g/mol. The normalized spacial score (nSPS) is 10.3. The van der Waals surface area contributed by atoms with E-state index in [0.29, 0.717) is 10.1 Å². The third kappa shape index (κ3) is 2.81. The van der Waals surface area contributed by atoms with Crippen molar-refractivity contribution in [1.29, 1.82) is 0 Å². The minimum atomic E-state index is -0.414. The Morgan fingerprint density at radius 2 is 2.17 bits per heavy atom. The van der Waals surface area contributed by atoms with Crippen molar-refractivity contribution >= 4 is 22.6 Å². The number of hydrogen-bond acceptors (Lipinski definition) is 3. The number of aromatic amines is 1. The van der Waals surface area contributed by atoms with Crippen LogP contribution >= 0.6 is 22.6 Å². The van der Waals surface area contributed by atoms with Crippen molar-refractivity contribution in [2.75, 3.05) is 7.11 Å². The fraction of sp³-hybridized carbons (Fsp3) is 0.167. The van der Waals surface area contributed by atoms with Gasteiger partial charge in [-0.05, 0) is 40.3 Å². The van der Waals surface area contributed by atoms with Crippen molar-refractivity contribution in [3.8, 4) is 5.75 Å². The largest absolute Gasteiger partial charge is 0.497 e. The van der Waals surface area contributed by atoms with E-state index in [1.54, 1.807) is 13.3 Å². The van der Waals surface area contributed by atoms with Gasteiger partial charge in [-0.15, -0.1) is 0 Å². The number of aromatic nitrogens is 2. The maximum atomic E-state index is 11.6. The molecule has 0 amide bonds.